The Morgan fingerprint density at radius 2 is 2.04 bits per heavy atom. The number of aliphatic hydroxyl groups excluding tert-OH is 1. The Morgan fingerprint density at radius 1 is 1.25 bits per heavy atom. The highest BCUT2D eigenvalue weighted by atomic mass is 16.3. The van der Waals surface area contributed by atoms with E-state index in [1.54, 1.807) is 6.08 Å². The van der Waals surface area contributed by atoms with Crippen LogP contribution in [0.4, 0.5) is 0 Å². The highest BCUT2D eigenvalue weighted by molar-refractivity contribution is 5.85. The number of aliphatic hydroxyl groups is 1. The lowest BCUT2D eigenvalue weighted by Gasteiger charge is -2.59. The van der Waals surface area contributed by atoms with Crippen molar-refractivity contribution in [3.05, 3.63) is 11.6 Å². The summed E-state index contributed by atoms with van der Waals surface area (Å²) in [7, 11) is 0. The van der Waals surface area contributed by atoms with Gasteiger partial charge in [0.05, 0.1) is 12.2 Å². The van der Waals surface area contributed by atoms with Gasteiger partial charge in [-0.2, -0.15) is 5.26 Å². The molecule has 0 amide bonds. The van der Waals surface area contributed by atoms with Gasteiger partial charge >= 0.3 is 0 Å². The molecule has 130 valence electrons. The monoisotopic (exact) mass is 327 g/mol. The van der Waals surface area contributed by atoms with Crippen LogP contribution in [0.1, 0.15) is 65.2 Å². The molecule has 4 rings (SSSR count). The molecule has 3 heteroatoms. The van der Waals surface area contributed by atoms with Crippen LogP contribution in [0.5, 0.6) is 0 Å². The molecule has 7 atom stereocenters. The van der Waals surface area contributed by atoms with Crippen LogP contribution in [0.3, 0.4) is 0 Å². The van der Waals surface area contributed by atoms with E-state index in [0.29, 0.717) is 30.0 Å². The standard InChI is InChI=1S/C21H29NO2/c1-20-9-7-15(23)11-14(20)3-5-16-17-6-4-13(8-10-22)21(17,2)12-18(24)19(16)20/h8,14-17,19,23H,3-7,9,11-12H2,1-2H3/t14-,15+,16-,17-,19+,20-,21+/m0/s1. The van der Waals surface area contributed by atoms with E-state index in [2.05, 4.69) is 19.9 Å². The Labute approximate surface area is 145 Å². The summed E-state index contributed by atoms with van der Waals surface area (Å²) in [6.45, 7) is 4.57. The summed E-state index contributed by atoms with van der Waals surface area (Å²) in [4.78, 5) is 13.3. The molecule has 1 N–H and O–H groups in total. The second-order valence-corrected chi connectivity index (χ2v) is 9.35. The maximum atomic E-state index is 13.3. The van der Waals surface area contributed by atoms with Crippen molar-refractivity contribution in [2.45, 2.75) is 71.3 Å². The van der Waals surface area contributed by atoms with Gasteiger partial charge in [0.15, 0.2) is 0 Å². The van der Waals surface area contributed by atoms with E-state index in [1.807, 2.05) is 0 Å². The zero-order chi connectivity index (χ0) is 17.1. The molecule has 4 saturated carbocycles. The molecular formula is C21H29NO2. The quantitative estimate of drug-likeness (QED) is 0.684. The lowest BCUT2D eigenvalue weighted by atomic mass is 9.44. The fraction of sp³-hybridized carbons (Fsp3) is 0.810. The van der Waals surface area contributed by atoms with Gasteiger partial charge in [-0.05, 0) is 73.5 Å². The Bertz CT molecular complexity index is 632. The van der Waals surface area contributed by atoms with Gasteiger partial charge in [0.2, 0.25) is 0 Å². The molecule has 0 spiro atoms. The van der Waals surface area contributed by atoms with Crippen molar-refractivity contribution in [2.24, 2.45) is 34.5 Å². The van der Waals surface area contributed by atoms with Crippen molar-refractivity contribution in [2.75, 3.05) is 0 Å². The van der Waals surface area contributed by atoms with E-state index in [4.69, 9.17) is 5.26 Å². The average molecular weight is 327 g/mol. The number of Topliss-reactive ketones (excluding diaryl/α,β-unsaturated/α-hetero) is 1. The largest absolute Gasteiger partial charge is 0.393 e. The molecule has 0 unspecified atom stereocenters. The predicted molar refractivity (Wildman–Crippen MR) is 91.8 cm³/mol. The summed E-state index contributed by atoms with van der Waals surface area (Å²) in [6.07, 6.45) is 9.33. The Kier molecular flexibility index (Phi) is 3.69. The average Bonchev–Trinajstić information content (AvgIpc) is 2.84. The first-order chi connectivity index (χ1) is 11.4. The summed E-state index contributed by atoms with van der Waals surface area (Å²) in [5, 5.41) is 19.2. The number of hydrogen-bond acceptors (Lipinski definition) is 3. The molecule has 4 fully saturated rings. The molecular weight excluding hydrogens is 298 g/mol. The molecule has 0 bridgehead atoms. The van der Waals surface area contributed by atoms with Crippen LogP contribution < -0.4 is 0 Å². The second kappa shape index (κ2) is 5.43. The summed E-state index contributed by atoms with van der Waals surface area (Å²) < 4.78 is 0. The molecule has 0 aromatic heterocycles. The van der Waals surface area contributed by atoms with Gasteiger partial charge in [-0.15, -0.1) is 0 Å². The molecule has 0 aromatic carbocycles. The van der Waals surface area contributed by atoms with Gasteiger partial charge in [-0.25, -0.2) is 0 Å². The van der Waals surface area contributed by atoms with Gasteiger partial charge < -0.3 is 5.11 Å². The summed E-state index contributed by atoms with van der Waals surface area (Å²) in [5.41, 5.74) is 1.22. The zero-order valence-corrected chi connectivity index (χ0v) is 14.9. The normalized spacial score (nSPS) is 52.3. The van der Waals surface area contributed by atoms with Crippen molar-refractivity contribution < 1.29 is 9.90 Å². The number of hydrogen-bond donors (Lipinski definition) is 1. The van der Waals surface area contributed by atoms with Crippen molar-refractivity contribution in [1.82, 2.24) is 0 Å². The molecule has 4 aliphatic rings. The topological polar surface area (TPSA) is 61.1 Å². The van der Waals surface area contributed by atoms with Crippen LogP contribution in [-0.4, -0.2) is 17.0 Å². The first kappa shape index (κ1) is 16.3. The summed E-state index contributed by atoms with van der Waals surface area (Å²) in [6, 6.07) is 2.21. The third kappa shape index (κ3) is 2.08. The summed E-state index contributed by atoms with van der Waals surface area (Å²) in [5.74, 6) is 2.17. The number of nitrogens with zero attached hydrogens (tertiary/aromatic N) is 1. The molecule has 0 heterocycles. The highest BCUT2D eigenvalue weighted by Gasteiger charge is 2.62. The molecule has 0 saturated heterocycles. The van der Waals surface area contributed by atoms with Crippen molar-refractivity contribution >= 4 is 5.78 Å². The Hall–Kier alpha value is -1.14. The van der Waals surface area contributed by atoms with Crippen molar-refractivity contribution in [3.63, 3.8) is 0 Å². The number of nitriles is 1. The van der Waals surface area contributed by atoms with Crippen molar-refractivity contribution in [1.29, 1.82) is 5.26 Å². The molecule has 0 aliphatic heterocycles. The fourth-order valence-corrected chi connectivity index (χ4v) is 7.21. The van der Waals surface area contributed by atoms with Gasteiger partial charge in [0.25, 0.3) is 0 Å². The van der Waals surface area contributed by atoms with E-state index >= 15 is 0 Å². The van der Waals surface area contributed by atoms with Gasteiger partial charge in [0, 0.05) is 18.4 Å². The van der Waals surface area contributed by atoms with Crippen LogP contribution >= 0.6 is 0 Å². The molecule has 0 radical (unpaired) electrons. The first-order valence-electron chi connectivity index (χ1n) is 9.70. The van der Waals surface area contributed by atoms with E-state index in [1.165, 1.54) is 5.57 Å². The maximum Gasteiger partial charge on any atom is 0.137 e. The SMILES string of the molecule is C[C@]12CC[C@@H](O)C[C@@H]1CC[C@@H]1[C@@H]2C(=O)C[C@]2(C)C(=CC#N)CC[C@@H]12. The second-order valence-electron chi connectivity index (χ2n) is 9.35. The molecule has 24 heavy (non-hydrogen) atoms. The van der Waals surface area contributed by atoms with E-state index in [0.717, 1.165) is 44.9 Å². The van der Waals surface area contributed by atoms with Gasteiger partial charge in [0.1, 0.15) is 5.78 Å². The molecule has 0 aromatic rings. The van der Waals surface area contributed by atoms with Gasteiger partial charge in [-0.3, -0.25) is 4.79 Å². The maximum absolute atomic E-state index is 13.3. The highest BCUT2D eigenvalue weighted by Crippen LogP contribution is 2.66. The van der Waals surface area contributed by atoms with E-state index in [9.17, 15) is 9.90 Å². The number of ketones is 1. The van der Waals surface area contributed by atoms with Crippen molar-refractivity contribution in [3.8, 4) is 6.07 Å². The number of rotatable bonds is 0. The Balaban J connectivity index is 1.70. The zero-order valence-electron chi connectivity index (χ0n) is 14.9. The first-order valence-corrected chi connectivity index (χ1v) is 9.70. The van der Waals surface area contributed by atoms with Crippen LogP contribution in [0.15, 0.2) is 11.6 Å². The Morgan fingerprint density at radius 3 is 2.79 bits per heavy atom. The lowest BCUT2D eigenvalue weighted by molar-refractivity contribution is -0.157. The third-order valence-electron chi connectivity index (χ3n) is 8.41. The molecule has 4 aliphatic carbocycles. The number of carbonyl (C=O) groups is 1. The number of fused-ring (bicyclic) bond motifs is 5. The summed E-state index contributed by atoms with van der Waals surface area (Å²) >= 11 is 0. The van der Waals surface area contributed by atoms with E-state index < -0.39 is 0 Å². The van der Waals surface area contributed by atoms with Crippen LogP contribution in [0, 0.1) is 45.8 Å². The smallest absolute Gasteiger partial charge is 0.137 e. The van der Waals surface area contributed by atoms with E-state index in [-0.39, 0.29) is 22.9 Å². The number of carbonyl (C=O) groups excluding carboxylic acids is 1. The lowest BCUT2D eigenvalue weighted by Crippen LogP contribution is -2.57. The van der Waals surface area contributed by atoms with Crippen LogP contribution in [0.2, 0.25) is 0 Å². The minimum atomic E-state index is -0.166. The predicted octanol–water partition coefficient (Wildman–Crippen LogP) is 4.02. The fourth-order valence-electron chi connectivity index (χ4n) is 7.21. The molecule has 3 nitrogen and oxygen atoms in total. The minimum absolute atomic E-state index is 0.0780. The third-order valence-corrected chi connectivity index (χ3v) is 8.41. The van der Waals surface area contributed by atoms with Crippen LogP contribution in [0.25, 0.3) is 0 Å². The number of allylic oxidation sites excluding steroid dienone is 2. The van der Waals surface area contributed by atoms with Crippen LogP contribution in [-0.2, 0) is 4.79 Å². The van der Waals surface area contributed by atoms with Gasteiger partial charge in [-0.1, -0.05) is 19.4 Å². The minimum Gasteiger partial charge on any atom is -0.393 e.